The van der Waals surface area contributed by atoms with E-state index in [2.05, 4.69) is 15.8 Å². The Morgan fingerprint density at radius 3 is 2.77 bits per heavy atom. The van der Waals surface area contributed by atoms with Crippen LogP contribution in [-0.4, -0.2) is 24.3 Å². The third-order valence-electron chi connectivity index (χ3n) is 2.81. The molecule has 0 saturated heterocycles. The van der Waals surface area contributed by atoms with Crippen LogP contribution in [0.1, 0.15) is 11.5 Å². The average molecular weight is 311 g/mol. The highest BCUT2D eigenvalue weighted by Gasteiger charge is 2.11. The van der Waals surface area contributed by atoms with E-state index in [1.54, 1.807) is 13.8 Å². The summed E-state index contributed by atoms with van der Waals surface area (Å²) in [6, 6.07) is 2.55. The van der Waals surface area contributed by atoms with Crippen LogP contribution < -0.4 is 15.4 Å². The van der Waals surface area contributed by atoms with Gasteiger partial charge in [-0.3, -0.25) is 0 Å². The fourth-order valence-electron chi connectivity index (χ4n) is 1.74. The lowest BCUT2D eigenvalue weighted by Gasteiger charge is -2.09. The van der Waals surface area contributed by atoms with Crippen LogP contribution in [0.4, 0.5) is 19.3 Å². The highest BCUT2D eigenvalue weighted by molar-refractivity contribution is 5.90. The minimum Gasteiger partial charge on any atom is -0.489 e. The number of nitrogens with zero attached hydrogens (tertiary/aromatic N) is 1. The van der Waals surface area contributed by atoms with Crippen molar-refractivity contribution in [2.75, 3.05) is 18.5 Å². The van der Waals surface area contributed by atoms with Crippen LogP contribution in [0, 0.1) is 25.5 Å². The van der Waals surface area contributed by atoms with Crippen LogP contribution in [0.15, 0.2) is 22.7 Å². The Kier molecular flexibility index (Phi) is 4.92. The van der Waals surface area contributed by atoms with Gasteiger partial charge in [0.05, 0.1) is 6.54 Å². The summed E-state index contributed by atoms with van der Waals surface area (Å²) in [5.74, 6) is -1.05. The normalized spacial score (nSPS) is 10.4. The number of benzene rings is 1. The van der Waals surface area contributed by atoms with E-state index in [1.807, 2.05) is 0 Å². The first-order valence-corrected chi connectivity index (χ1v) is 6.53. The number of hydrogen-bond donors (Lipinski definition) is 2. The fraction of sp³-hybridized carbons (Fsp3) is 0.286. The maximum atomic E-state index is 13.3. The summed E-state index contributed by atoms with van der Waals surface area (Å²) in [6.45, 7) is 3.56. The number of hydrogen-bond acceptors (Lipinski definition) is 4. The van der Waals surface area contributed by atoms with E-state index >= 15 is 0 Å². The Hall–Kier alpha value is -2.64. The van der Waals surface area contributed by atoms with Gasteiger partial charge in [0.2, 0.25) is 0 Å². The molecule has 0 bridgehead atoms. The zero-order valence-electron chi connectivity index (χ0n) is 12.1. The molecule has 1 aromatic heterocycles. The lowest BCUT2D eigenvalue weighted by atomic mass is 10.3. The molecule has 0 aliphatic heterocycles. The molecule has 0 saturated carbocycles. The highest BCUT2D eigenvalue weighted by atomic mass is 19.1. The maximum absolute atomic E-state index is 13.3. The molecule has 0 atom stereocenters. The van der Waals surface area contributed by atoms with Crippen molar-refractivity contribution in [1.29, 1.82) is 0 Å². The maximum Gasteiger partial charge on any atom is 0.319 e. The fourth-order valence-corrected chi connectivity index (χ4v) is 1.74. The van der Waals surface area contributed by atoms with Gasteiger partial charge in [-0.25, -0.2) is 13.6 Å². The Morgan fingerprint density at radius 2 is 2.14 bits per heavy atom. The Morgan fingerprint density at radius 1 is 1.36 bits per heavy atom. The van der Waals surface area contributed by atoms with Crippen LogP contribution in [0.3, 0.4) is 0 Å². The second-order valence-corrected chi connectivity index (χ2v) is 4.50. The van der Waals surface area contributed by atoms with Crippen molar-refractivity contribution < 1.29 is 22.8 Å². The minimum atomic E-state index is -0.792. The van der Waals surface area contributed by atoms with Crippen molar-refractivity contribution in [2.24, 2.45) is 0 Å². The molecule has 0 radical (unpaired) electrons. The first kappa shape index (κ1) is 15.7. The van der Waals surface area contributed by atoms with Crippen molar-refractivity contribution >= 4 is 11.7 Å². The summed E-state index contributed by atoms with van der Waals surface area (Å²) in [5.41, 5.74) is 1.07. The number of ether oxygens (including phenoxy) is 1. The van der Waals surface area contributed by atoms with Gasteiger partial charge in [0.25, 0.3) is 0 Å². The monoisotopic (exact) mass is 311 g/mol. The van der Waals surface area contributed by atoms with Gasteiger partial charge < -0.3 is 19.9 Å². The second kappa shape index (κ2) is 6.88. The summed E-state index contributed by atoms with van der Waals surface area (Å²) in [7, 11) is 0. The largest absolute Gasteiger partial charge is 0.489 e. The standard InChI is InChI=1S/C14H15F2N3O3/c1-8-13(9(2)22-19-8)18-14(20)17-5-6-21-12-4-3-10(15)7-11(12)16/h3-4,7H,5-6H2,1-2H3,(H2,17,18,20). The number of rotatable bonds is 5. The molecule has 0 fully saturated rings. The zero-order chi connectivity index (χ0) is 16.1. The molecule has 1 aromatic carbocycles. The third kappa shape index (κ3) is 3.94. The first-order chi connectivity index (χ1) is 10.5. The van der Waals surface area contributed by atoms with E-state index in [0.29, 0.717) is 17.1 Å². The van der Waals surface area contributed by atoms with Crippen molar-refractivity contribution in [1.82, 2.24) is 10.5 Å². The van der Waals surface area contributed by atoms with Gasteiger partial charge >= 0.3 is 6.03 Å². The van der Waals surface area contributed by atoms with Crippen LogP contribution >= 0.6 is 0 Å². The number of aryl methyl sites for hydroxylation is 2. The molecule has 22 heavy (non-hydrogen) atoms. The molecule has 2 N–H and O–H groups in total. The van der Waals surface area contributed by atoms with Gasteiger partial charge in [-0.1, -0.05) is 5.16 Å². The SMILES string of the molecule is Cc1noc(C)c1NC(=O)NCCOc1ccc(F)cc1F. The molecule has 118 valence electrons. The van der Waals surface area contributed by atoms with Gasteiger partial charge in [0.15, 0.2) is 17.3 Å². The summed E-state index contributed by atoms with van der Waals surface area (Å²) < 4.78 is 36.0. The molecule has 1 heterocycles. The van der Waals surface area contributed by atoms with E-state index in [1.165, 1.54) is 6.07 Å². The number of aromatic nitrogens is 1. The van der Waals surface area contributed by atoms with Crippen molar-refractivity contribution in [3.05, 3.63) is 41.3 Å². The van der Waals surface area contributed by atoms with E-state index in [0.717, 1.165) is 12.1 Å². The molecule has 8 heteroatoms. The van der Waals surface area contributed by atoms with Gasteiger partial charge in [-0.15, -0.1) is 0 Å². The minimum absolute atomic E-state index is 0.0393. The average Bonchev–Trinajstić information content (AvgIpc) is 2.77. The summed E-state index contributed by atoms with van der Waals surface area (Å²) in [5, 5.41) is 8.83. The first-order valence-electron chi connectivity index (χ1n) is 6.53. The second-order valence-electron chi connectivity index (χ2n) is 4.50. The lowest BCUT2D eigenvalue weighted by molar-refractivity contribution is 0.246. The van der Waals surface area contributed by atoms with Crippen LogP contribution in [0.2, 0.25) is 0 Å². The predicted molar refractivity (Wildman–Crippen MR) is 74.9 cm³/mol. The Labute approximate surface area is 125 Å². The number of carbonyl (C=O) groups is 1. The van der Waals surface area contributed by atoms with Crippen molar-refractivity contribution in [3.8, 4) is 5.75 Å². The van der Waals surface area contributed by atoms with Crippen LogP contribution in [0.25, 0.3) is 0 Å². The Balaban J connectivity index is 1.75. The molecular weight excluding hydrogens is 296 g/mol. The third-order valence-corrected chi connectivity index (χ3v) is 2.81. The lowest BCUT2D eigenvalue weighted by Crippen LogP contribution is -2.32. The topological polar surface area (TPSA) is 76.4 Å². The van der Waals surface area contributed by atoms with E-state index in [-0.39, 0.29) is 18.9 Å². The summed E-state index contributed by atoms with van der Waals surface area (Å²) in [4.78, 5) is 11.7. The van der Waals surface area contributed by atoms with E-state index < -0.39 is 17.7 Å². The van der Waals surface area contributed by atoms with Gasteiger partial charge in [-0.05, 0) is 26.0 Å². The van der Waals surface area contributed by atoms with Crippen LogP contribution in [0.5, 0.6) is 5.75 Å². The van der Waals surface area contributed by atoms with Gasteiger partial charge in [0.1, 0.15) is 23.8 Å². The molecule has 0 aliphatic rings. The van der Waals surface area contributed by atoms with E-state index in [4.69, 9.17) is 9.26 Å². The molecule has 2 rings (SSSR count). The number of nitrogens with one attached hydrogen (secondary N) is 2. The molecule has 6 nitrogen and oxygen atoms in total. The van der Waals surface area contributed by atoms with E-state index in [9.17, 15) is 13.6 Å². The smallest absolute Gasteiger partial charge is 0.319 e. The quantitative estimate of drug-likeness (QED) is 0.833. The highest BCUT2D eigenvalue weighted by Crippen LogP contribution is 2.18. The number of amides is 2. The van der Waals surface area contributed by atoms with Crippen molar-refractivity contribution in [3.63, 3.8) is 0 Å². The van der Waals surface area contributed by atoms with Gasteiger partial charge in [0, 0.05) is 6.07 Å². The number of anilines is 1. The Bertz CT molecular complexity index is 654. The molecule has 2 aromatic rings. The van der Waals surface area contributed by atoms with Crippen LogP contribution in [-0.2, 0) is 0 Å². The summed E-state index contributed by atoms with van der Waals surface area (Å²) >= 11 is 0. The number of urea groups is 1. The zero-order valence-corrected chi connectivity index (χ0v) is 12.1. The number of carbonyl (C=O) groups excluding carboxylic acids is 1. The molecular formula is C14H15F2N3O3. The molecule has 0 aliphatic carbocycles. The molecule has 0 unspecified atom stereocenters. The number of halogens is 2. The predicted octanol–water partition coefficient (Wildman–Crippen LogP) is 2.77. The summed E-state index contributed by atoms with van der Waals surface area (Å²) in [6.07, 6.45) is 0. The van der Waals surface area contributed by atoms with Gasteiger partial charge in [-0.2, -0.15) is 0 Å². The van der Waals surface area contributed by atoms with Crippen molar-refractivity contribution in [2.45, 2.75) is 13.8 Å². The molecule has 2 amide bonds. The molecule has 0 spiro atoms.